The van der Waals surface area contributed by atoms with Crippen molar-refractivity contribution in [2.75, 3.05) is 6.61 Å². The van der Waals surface area contributed by atoms with Crippen LogP contribution < -0.4 is 4.74 Å². The van der Waals surface area contributed by atoms with Crippen LogP contribution in [0.15, 0.2) is 78.9 Å². The van der Waals surface area contributed by atoms with Gasteiger partial charge >= 0.3 is 0 Å². The van der Waals surface area contributed by atoms with Gasteiger partial charge in [-0.2, -0.15) is 0 Å². The first-order valence-electron chi connectivity index (χ1n) is 7.91. The fourth-order valence-electron chi connectivity index (χ4n) is 2.73. The molecule has 3 aromatic carbocycles. The molecule has 0 aliphatic carbocycles. The molecule has 0 spiro atoms. The average molecular weight is 324 g/mol. The molecule has 0 radical (unpaired) electrons. The molecule has 0 saturated heterocycles. The third kappa shape index (κ3) is 4.19. The number of rotatable bonds is 6. The van der Waals surface area contributed by atoms with Gasteiger partial charge in [-0.15, -0.1) is 0 Å². The number of hydrogen-bond donors (Lipinski definition) is 0. The van der Waals surface area contributed by atoms with Gasteiger partial charge in [0.25, 0.3) is 0 Å². The van der Waals surface area contributed by atoms with Crippen LogP contribution in [0.3, 0.4) is 0 Å². The van der Waals surface area contributed by atoms with Gasteiger partial charge in [0.15, 0.2) is 0 Å². The van der Waals surface area contributed by atoms with Crippen LogP contribution in [-0.4, -0.2) is 6.61 Å². The van der Waals surface area contributed by atoms with Gasteiger partial charge in [-0.1, -0.05) is 42.5 Å². The Kier molecular flexibility index (Phi) is 5.22. The van der Waals surface area contributed by atoms with E-state index in [1.54, 1.807) is 24.3 Å². The number of para-hydroxylation sites is 1. The third-order valence-electron chi connectivity index (χ3n) is 3.96. The summed E-state index contributed by atoms with van der Waals surface area (Å²) < 4.78 is 32.2. The molecule has 0 aliphatic heterocycles. The summed E-state index contributed by atoms with van der Waals surface area (Å²) in [5.74, 6) is 0.304. The van der Waals surface area contributed by atoms with Gasteiger partial charge in [0.1, 0.15) is 17.4 Å². The first-order valence-corrected chi connectivity index (χ1v) is 7.91. The van der Waals surface area contributed by atoms with Gasteiger partial charge in [-0.3, -0.25) is 0 Å². The first kappa shape index (κ1) is 16.2. The molecule has 3 heteroatoms. The molecule has 0 atom stereocenters. The topological polar surface area (TPSA) is 9.23 Å². The Bertz CT molecular complexity index is 707. The lowest BCUT2D eigenvalue weighted by molar-refractivity contribution is 0.304. The predicted octanol–water partition coefficient (Wildman–Crippen LogP) is 5.57. The maximum absolute atomic E-state index is 13.2. The molecular formula is C21H18F2O. The lowest BCUT2D eigenvalue weighted by atomic mass is 9.89. The van der Waals surface area contributed by atoms with Crippen LogP contribution in [-0.2, 0) is 0 Å². The Labute approximate surface area is 140 Å². The standard InChI is InChI=1S/C21H18F2O/c22-18-10-6-16(7-11-18)21(17-8-12-19(23)13-9-17)14-15-24-20-4-2-1-3-5-20/h1-13,21H,14-15H2. The predicted molar refractivity (Wildman–Crippen MR) is 91.2 cm³/mol. The molecule has 0 bridgehead atoms. The van der Waals surface area contributed by atoms with E-state index >= 15 is 0 Å². The second-order valence-electron chi connectivity index (χ2n) is 5.61. The van der Waals surface area contributed by atoms with E-state index in [9.17, 15) is 8.78 Å². The average Bonchev–Trinajstić information content (AvgIpc) is 2.62. The lowest BCUT2D eigenvalue weighted by Crippen LogP contribution is -2.08. The summed E-state index contributed by atoms with van der Waals surface area (Å²) in [7, 11) is 0. The zero-order valence-corrected chi connectivity index (χ0v) is 13.2. The van der Waals surface area contributed by atoms with Crippen LogP contribution in [0.1, 0.15) is 23.5 Å². The largest absolute Gasteiger partial charge is 0.494 e. The van der Waals surface area contributed by atoms with Crippen LogP contribution in [0, 0.1) is 11.6 Å². The van der Waals surface area contributed by atoms with Crippen molar-refractivity contribution in [2.45, 2.75) is 12.3 Å². The normalized spacial score (nSPS) is 10.8. The van der Waals surface area contributed by atoms with E-state index in [0.29, 0.717) is 13.0 Å². The Hall–Kier alpha value is -2.68. The van der Waals surface area contributed by atoms with Crippen molar-refractivity contribution in [3.05, 3.63) is 102 Å². The number of ether oxygens (including phenoxy) is 1. The highest BCUT2D eigenvalue weighted by atomic mass is 19.1. The highest BCUT2D eigenvalue weighted by molar-refractivity contribution is 5.33. The summed E-state index contributed by atoms with van der Waals surface area (Å²) in [6, 6.07) is 22.5. The molecule has 0 aliphatic rings. The summed E-state index contributed by atoms with van der Waals surface area (Å²) in [6.45, 7) is 0.517. The van der Waals surface area contributed by atoms with Crippen molar-refractivity contribution in [1.82, 2.24) is 0 Å². The molecule has 0 unspecified atom stereocenters. The molecule has 0 heterocycles. The van der Waals surface area contributed by atoms with E-state index < -0.39 is 0 Å². The molecule has 0 aromatic heterocycles. The minimum Gasteiger partial charge on any atom is -0.494 e. The van der Waals surface area contributed by atoms with E-state index in [4.69, 9.17) is 4.74 Å². The van der Waals surface area contributed by atoms with Gasteiger partial charge in [0.2, 0.25) is 0 Å². The minimum absolute atomic E-state index is 0.0231. The van der Waals surface area contributed by atoms with Crippen molar-refractivity contribution in [3.63, 3.8) is 0 Å². The molecule has 0 saturated carbocycles. The van der Waals surface area contributed by atoms with Crippen LogP contribution in [0.2, 0.25) is 0 Å². The van der Waals surface area contributed by atoms with Gasteiger partial charge < -0.3 is 4.74 Å². The maximum Gasteiger partial charge on any atom is 0.123 e. The maximum atomic E-state index is 13.2. The Balaban J connectivity index is 1.76. The zero-order chi connectivity index (χ0) is 16.8. The van der Waals surface area contributed by atoms with Gasteiger partial charge in [0, 0.05) is 5.92 Å². The molecule has 3 aromatic rings. The Morgan fingerprint density at radius 2 is 1.17 bits per heavy atom. The van der Waals surface area contributed by atoms with E-state index in [2.05, 4.69) is 0 Å². The monoisotopic (exact) mass is 324 g/mol. The SMILES string of the molecule is Fc1ccc(C(CCOc2ccccc2)c2ccc(F)cc2)cc1. The summed E-state index contributed by atoms with van der Waals surface area (Å²) in [5, 5.41) is 0. The second kappa shape index (κ2) is 7.73. The smallest absolute Gasteiger partial charge is 0.123 e. The van der Waals surface area contributed by atoms with Crippen molar-refractivity contribution in [3.8, 4) is 5.75 Å². The van der Waals surface area contributed by atoms with Crippen LogP contribution in [0.5, 0.6) is 5.75 Å². The number of hydrogen-bond acceptors (Lipinski definition) is 1. The highest BCUT2D eigenvalue weighted by Crippen LogP contribution is 2.28. The minimum atomic E-state index is -0.267. The zero-order valence-electron chi connectivity index (χ0n) is 13.2. The van der Waals surface area contributed by atoms with Gasteiger partial charge in [0.05, 0.1) is 6.61 Å². The summed E-state index contributed by atoms with van der Waals surface area (Å²) in [4.78, 5) is 0. The fourth-order valence-corrected chi connectivity index (χ4v) is 2.73. The lowest BCUT2D eigenvalue weighted by Gasteiger charge is -2.18. The molecule has 24 heavy (non-hydrogen) atoms. The van der Waals surface area contributed by atoms with Crippen molar-refractivity contribution < 1.29 is 13.5 Å². The van der Waals surface area contributed by atoms with E-state index in [1.165, 1.54) is 24.3 Å². The molecular weight excluding hydrogens is 306 g/mol. The van der Waals surface area contributed by atoms with Gasteiger partial charge in [-0.25, -0.2) is 8.78 Å². The number of benzene rings is 3. The molecule has 0 N–H and O–H groups in total. The quantitative estimate of drug-likeness (QED) is 0.576. The van der Waals surface area contributed by atoms with Crippen molar-refractivity contribution >= 4 is 0 Å². The highest BCUT2D eigenvalue weighted by Gasteiger charge is 2.15. The third-order valence-corrected chi connectivity index (χ3v) is 3.96. The van der Waals surface area contributed by atoms with Crippen LogP contribution in [0.4, 0.5) is 8.78 Å². The first-order chi connectivity index (χ1) is 11.7. The fraction of sp³-hybridized carbons (Fsp3) is 0.143. The molecule has 3 rings (SSSR count). The van der Waals surface area contributed by atoms with Crippen LogP contribution in [0.25, 0.3) is 0 Å². The molecule has 0 amide bonds. The summed E-state index contributed by atoms with van der Waals surface area (Å²) in [5.41, 5.74) is 1.97. The Morgan fingerprint density at radius 1 is 0.667 bits per heavy atom. The molecule has 0 fully saturated rings. The number of halogens is 2. The van der Waals surface area contributed by atoms with E-state index in [1.807, 2.05) is 30.3 Å². The van der Waals surface area contributed by atoms with E-state index in [0.717, 1.165) is 16.9 Å². The summed E-state index contributed by atoms with van der Waals surface area (Å²) in [6.07, 6.45) is 0.714. The van der Waals surface area contributed by atoms with E-state index in [-0.39, 0.29) is 17.6 Å². The van der Waals surface area contributed by atoms with Crippen LogP contribution >= 0.6 is 0 Å². The molecule has 122 valence electrons. The van der Waals surface area contributed by atoms with Gasteiger partial charge in [-0.05, 0) is 53.9 Å². The van der Waals surface area contributed by atoms with Crippen molar-refractivity contribution in [2.24, 2.45) is 0 Å². The summed E-state index contributed by atoms with van der Waals surface area (Å²) >= 11 is 0. The Morgan fingerprint density at radius 3 is 1.67 bits per heavy atom. The molecule has 1 nitrogen and oxygen atoms in total. The van der Waals surface area contributed by atoms with Crippen molar-refractivity contribution in [1.29, 1.82) is 0 Å². The second-order valence-corrected chi connectivity index (χ2v) is 5.61.